The maximum atomic E-state index is 13.0. The van der Waals surface area contributed by atoms with Crippen molar-refractivity contribution in [2.45, 2.75) is 44.2 Å². The first-order chi connectivity index (χ1) is 17.8. The van der Waals surface area contributed by atoms with Gasteiger partial charge in [-0.05, 0) is 38.2 Å². The number of nitrogens with zero attached hydrogens (tertiary/aromatic N) is 5. The Morgan fingerprint density at radius 2 is 2.11 bits per heavy atom. The Morgan fingerprint density at radius 3 is 2.76 bits per heavy atom. The average molecular weight is 526 g/mol. The number of likely N-dealkylation sites (tertiary alicyclic amines) is 1. The van der Waals surface area contributed by atoms with Gasteiger partial charge in [-0.1, -0.05) is 6.58 Å². The molecule has 4 rings (SSSR count). The number of methoxy groups -OCH3 is 1. The minimum atomic E-state index is -3.50. The van der Waals surface area contributed by atoms with Gasteiger partial charge in [-0.15, -0.1) is 0 Å². The van der Waals surface area contributed by atoms with E-state index >= 15 is 0 Å². The summed E-state index contributed by atoms with van der Waals surface area (Å²) < 4.78 is 33.1. The summed E-state index contributed by atoms with van der Waals surface area (Å²) in [7, 11) is -1.96. The first-order valence-electron chi connectivity index (χ1n) is 12.1. The summed E-state index contributed by atoms with van der Waals surface area (Å²) in [5.41, 5.74) is 8.34. The molecule has 0 radical (unpaired) electrons. The van der Waals surface area contributed by atoms with Crippen LogP contribution in [0.1, 0.15) is 43.2 Å². The van der Waals surface area contributed by atoms with Gasteiger partial charge >= 0.3 is 0 Å². The lowest BCUT2D eigenvalue weighted by atomic mass is 10.0. The van der Waals surface area contributed by atoms with Gasteiger partial charge in [-0.3, -0.25) is 9.79 Å². The molecule has 12 heteroatoms. The summed E-state index contributed by atoms with van der Waals surface area (Å²) in [6, 6.07) is 3.73. The number of nitrogens with two attached hydrogens (primary N) is 1. The Balaban J connectivity index is 1.35. The molecular weight excluding hydrogens is 494 g/mol. The molecule has 3 heterocycles. The monoisotopic (exact) mass is 525 g/mol. The van der Waals surface area contributed by atoms with Gasteiger partial charge < -0.3 is 15.4 Å². The molecule has 2 atom stereocenters. The first kappa shape index (κ1) is 26.4. The van der Waals surface area contributed by atoms with Crippen LogP contribution in [0.25, 0.3) is 11.1 Å². The standard InChI is InChI=1S/C25H31N7O4S/c1-3-37(34,35)30-22-5-4-17(10-22)25(33)31-8-6-21(7-9-31)28-14-19(12-26)18-11-23(36-2)24-20(13-27)15-29-32(24)16-18/h3,11-12,14-17,21-22,30H,1,4-10,26H2,2H3/b19-12+,28-14?/t17-,22-/m0/s1. The van der Waals surface area contributed by atoms with Crippen LogP contribution < -0.4 is 15.2 Å². The van der Waals surface area contributed by atoms with E-state index in [4.69, 9.17) is 15.5 Å². The molecule has 2 aliphatic rings. The van der Waals surface area contributed by atoms with E-state index in [0.717, 1.165) is 23.8 Å². The minimum Gasteiger partial charge on any atom is -0.494 e. The zero-order valence-electron chi connectivity index (χ0n) is 20.7. The van der Waals surface area contributed by atoms with Gasteiger partial charge in [-0.2, -0.15) is 10.4 Å². The van der Waals surface area contributed by atoms with Gasteiger partial charge in [0, 0.05) is 60.2 Å². The number of carbonyl (C=O) groups is 1. The molecule has 2 aromatic rings. The number of hydrogen-bond acceptors (Lipinski definition) is 8. The highest BCUT2D eigenvalue weighted by atomic mass is 32.2. The molecule has 1 amide bonds. The fraction of sp³-hybridized carbons (Fsp3) is 0.440. The maximum absolute atomic E-state index is 13.0. The Hall–Kier alpha value is -3.69. The molecule has 196 valence electrons. The van der Waals surface area contributed by atoms with Crippen molar-refractivity contribution in [2.75, 3.05) is 20.2 Å². The average Bonchev–Trinajstić information content (AvgIpc) is 3.55. The number of sulfonamides is 1. The maximum Gasteiger partial charge on any atom is 0.233 e. The van der Waals surface area contributed by atoms with E-state index in [1.54, 1.807) is 23.0 Å². The molecule has 1 aliphatic carbocycles. The second-order valence-corrected chi connectivity index (χ2v) is 10.9. The molecular formula is C25H31N7O4S. The topological polar surface area (TPSA) is 155 Å². The van der Waals surface area contributed by atoms with E-state index in [1.165, 1.54) is 19.5 Å². The fourth-order valence-electron chi connectivity index (χ4n) is 4.97. The minimum absolute atomic E-state index is 0.0512. The number of hydrogen-bond donors (Lipinski definition) is 2. The Labute approximate surface area is 216 Å². The van der Waals surface area contributed by atoms with E-state index < -0.39 is 10.0 Å². The summed E-state index contributed by atoms with van der Waals surface area (Å²) in [6.45, 7) is 4.52. The van der Waals surface area contributed by atoms with Crippen LogP contribution in [0.4, 0.5) is 0 Å². The van der Waals surface area contributed by atoms with Gasteiger partial charge in [0.1, 0.15) is 22.9 Å². The number of allylic oxidation sites excluding steroid dienone is 1. The van der Waals surface area contributed by atoms with Crippen molar-refractivity contribution in [1.82, 2.24) is 19.2 Å². The third-order valence-corrected chi connectivity index (χ3v) is 8.06. The Bertz CT molecular complexity index is 1380. The smallest absolute Gasteiger partial charge is 0.233 e. The number of aromatic nitrogens is 2. The summed E-state index contributed by atoms with van der Waals surface area (Å²) in [4.78, 5) is 19.6. The summed E-state index contributed by atoms with van der Waals surface area (Å²) in [5, 5.41) is 14.4. The van der Waals surface area contributed by atoms with Crippen molar-refractivity contribution in [3.05, 3.63) is 47.8 Å². The highest BCUT2D eigenvalue weighted by molar-refractivity contribution is 7.92. The van der Waals surface area contributed by atoms with E-state index in [-0.39, 0.29) is 23.9 Å². The lowest BCUT2D eigenvalue weighted by Crippen LogP contribution is -2.42. The van der Waals surface area contributed by atoms with Crippen molar-refractivity contribution in [3.63, 3.8) is 0 Å². The van der Waals surface area contributed by atoms with Crippen LogP contribution in [0.3, 0.4) is 0 Å². The Kier molecular flexibility index (Phi) is 7.94. The molecule has 0 spiro atoms. The van der Waals surface area contributed by atoms with E-state index in [0.29, 0.717) is 54.8 Å². The number of nitriles is 1. The van der Waals surface area contributed by atoms with Crippen LogP contribution in [0.2, 0.25) is 0 Å². The molecule has 2 aromatic heterocycles. The molecule has 37 heavy (non-hydrogen) atoms. The van der Waals surface area contributed by atoms with Crippen LogP contribution in [-0.4, -0.2) is 67.3 Å². The van der Waals surface area contributed by atoms with E-state index in [1.807, 2.05) is 4.90 Å². The van der Waals surface area contributed by atoms with Crippen molar-refractivity contribution in [1.29, 1.82) is 5.26 Å². The lowest BCUT2D eigenvalue weighted by molar-refractivity contribution is -0.136. The first-order valence-corrected chi connectivity index (χ1v) is 13.7. The molecule has 1 saturated heterocycles. The SMILES string of the molecule is C=CS(=O)(=O)N[C@H]1CC[C@H](C(=O)N2CCC(N=C/C(=C\N)c3cc(OC)c4c(C#N)cnn4c3)CC2)C1. The van der Waals surface area contributed by atoms with Gasteiger partial charge in [0.25, 0.3) is 0 Å². The van der Waals surface area contributed by atoms with Crippen LogP contribution in [0.5, 0.6) is 5.75 Å². The molecule has 1 aliphatic heterocycles. The van der Waals surface area contributed by atoms with Crippen LogP contribution in [-0.2, 0) is 14.8 Å². The quantitative estimate of drug-likeness (QED) is 0.498. The zero-order chi connectivity index (χ0) is 26.6. The molecule has 0 bridgehead atoms. The predicted molar refractivity (Wildman–Crippen MR) is 140 cm³/mol. The third kappa shape index (κ3) is 5.84. The van der Waals surface area contributed by atoms with Crippen LogP contribution in [0, 0.1) is 17.2 Å². The second-order valence-electron chi connectivity index (χ2n) is 9.25. The number of ether oxygens (including phenoxy) is 1. The molecule has 0 unspecified atom stereocenters. The summed E-state index contributed by atoms with van der Waals surface area (Å²) in [6.07, 6.45) is 9.74. The predicted octanol–water partition coefficient (Wildman–Crippen LogP) is 1.81. The number of amides is 1. The number of piperidine rings is 1. The fourth-order valence-corrected chi connectivity index (χ4v) is 5.74. The number of carbonyl (C=O) groups excluding carboxylic acids is 1. The van der Waals surface area contributed by atoms with Crippen molar-refractivity contribution < 1.29 is 17.9 Å². The van der Waals surface area contributed by atoms with Gasteiger partial charge in [0.05, 0.1) is 19.3 Å². The summed E-state index contributed by atoms with van der Waals surface area (Å²) in [5.74, 6) is 0.428. The summed E-state index contributed by atoms with van der Waals surface area (Å²) >= 11 is 0. The Morgan fingerprint density at radius 1 is 1.35 bits per heavy atom. The largest absolute Gasteiger partial charge is 0.494 e. The molecule has 11 nitrogen and oxygen atoms in total. The van der Waals surface area contributed by atoms with Gasteiger partial charge in [0.15, 0.2) is 0 Å². The van der Waals surface area contributed by atoms with Crippen LogP contribution in [0.15, 0.2) is 41.6 Å². The highest BCUT2D eigenvalue weighted by Crippen LogP contribution is 2.30. The van der Waals surface area contributed by atoms with Gasteiger partial charge in [0.2, 0.25) is 15.9 Å². The highest BCUT2D eigenvalue weighted by Gasteiger charge is 2.35. The van der Waals surface area contributed by atoms with Crippen LogP contribution >= 0.6 is 0 Å². The number of aliphatic imine (C=N–C) groups is 1. The normalized spacial score (nSPS) is 21.4. The molecule has 0 aromatic carbocycles. The zero-order valence-corrected chi connectivity index (χ0v) is 21.5. The van der Waals surface area contributed by atoms with Crippen molar-refractivity contribution in [3.8, 4) is 11.8 Å². The number of rotatable bonds is 8. The molecule has 2 fully saturated rings. The lowest BCUT2D eigenvalue weighted by Gasteiger charge is -2.32. The molecule has 1 saturated carbocycles. The second kappa shape index (κ2) is 11.1. The number of nitrogens with one attached hydrogen (secondary N) is 1. The number of fused-ring (bicyclic) bond motifs is 1. The van der Waals surface area contributed by atoms with Gasteiger partial charge in [-0.25, -0.2) is 17.7 Å². The van der Waals surface area contributed by atoms with Crippen molar-refractivity contribution >= 4 is 33.2 Å². The van der Waals surface area contributed by atoms with E-state index in [2.05, 4.69) is 22.5 Å². The third-order valence-electron chi connectivity index (χ3n) is 6.96. The number of pyridine rings is 1. The van der Waals surface area contributed by atoms with E-state index in [9.17, 15) is 18.5 Å². The van der Waals surface area contributed by atoms with Crippen molar-refractivity contribution in [2.24, 2.45) is 16.6 Å². The molecule has 3 N–H and O–H groups in total.